The zero-order chi connectivity index (χ0) is 16.8. The maximum atomic E-state index is 12.0. The summed E-state index contributed by atoms with van der Waals surface area (Å²) in [6, 6.07) is 5.87. The number of aryl methyl sites for hydroxylation is 1. The normalized spacial score (nSPS) is 18.2. The van der Waals surface area contributed by atoms with Crippen molar-refractivity contribution in [1.29, 1.82) is 0 Å². The lowest BCUT2D eigenvalue weighted by Crippen LogP contribution is -2.41. The number of hydrogen-bond acceptors (Lipinski definition) is 3. The van der Waals surface area contributed by atoms with E-state index in [0.717, 1.165) is 41.5 Å². The van der Waals surface area contributed by atoms with Gasteiger partial charge in [0.05, 0.1) is 0 Å². The first-order valence-electron chi connectivity index (χ1n) is 7.84. The monoisotopic (exact) mass is 379 g/mol. The fourth-order valence-corrected chi connectivity index (χ4v) is 3.24. The van der Waals surface area contributed by atoms with Crippen molar-refractivity contribution in [2.24, 2.45) is 5.92 Å². The van der Waals surface area contributed by atoms with Crippen LogP contribution in [0.3, 0.4) is 0 Å². The van der Waals surface area contributed by atoms with Crippen LogP contribution in [0.5, 0.6) is 0 Å². The lowest BCUT2D eigenvalue weighted by atomic mass is 10.0. The molecular formula is C18H22BrNO3. The van der Waals surface area contributed by atoms with Crippen LogP contribution in [0.1, 0.15) is 30.9 Å². The molecule has 4 nitrogen and oxygen atoms in total. The first kappa shape index (κ1) is 17.7. The van der Waals surface area contributed by atoms with Crippen LogP contribution in [-0.2, 0) is 14.3 Å². The SMILES string of the molecule is Cc1ccc(/C=C/C(=O)OCC(=O)N2CCC[C@H](C)C2)c(Br)c1. The average molecular weight is 380 g/mol. The summed E-state index contributed by atoms with van der Waals surface area (Å²) in [7, 11) is 0. The van der Waals surface area contributed by atoms with Crippen LogP contribution >= 0.6 is 15.9 Å². The van der Waals surface area contributed by atoms with Gasteiger partial charge in [0.2, 0.25) is 0 Å². The number of rotatable bonds is 4. The molecule has 1 amide bonds. The molecule has 0 N–H and O–H groups in total. The van der Waals surface area contributed by atoms with E-state index in [-0.39, 0.29) is 12.5 Å². The maximum Gasteiger partial charge on any atom is 0.331 e. The van der Waals surface area contributed by atoms with Crippen molar-refractivity contribution in [3.05, 3.63) is 39.9 Å². The second kappa shape index (κ2) is 8.29. The van der Waals surface area contributed by atoms with Gasteiger partial charge in [-0.1, -0.05) is 35.0 Å². The zero-order valence-corrected chi connectivity index (χ0v) is 15.1. The molecule has 1 aliphatic rings. The standard InChI is InChI=1S/C18H22BrNO3/c1-13-5-6-15(16(19)10-13)7-8-18(22)23-12-17(21)20-9-3-4-14(2)11-20/h5-8,10,14H,3-4,9,11-12H2,1-2H3/b8-7+/t14-/m0/s1. The number of likely N-dealkylation sites (tertiary alicyclic amines) is 1. The topological polar surface area (TPSA) is 46.6 Å². The minimum absolute atomic E-state index is 0.116. The van der Waals surface area contributed by atoms with Crippen LogP contribution in [-0.4, -0.2) is 36.5 Å². The number of carbonyl (C=O) groups is 2. The van der Waals surface area contributed by atoms with E-state index in [4.69, 9.17) is 4.74 Å². The number of esters is 1. The molecule has 1 aliphatic heterocycles. The summed E-state index contributed by atoms with van der Waals surface area (Å²) >= 11 is 3.45. The van der Waals surface area contributed by atoms with E-state index in [0.29, 0.717) is 5.92 Å². The van der Waals surface area contributed by atoms with Gasteiger partial charge in [-0.25, -0.2) is 4.79 Å². The van der Waals surface area contributed by atoms with Crippen molar-refractivity contribution in [2.45, 2.75) is 26.7 Å². The molecule has 124 valence electrons. The van der Waals surface area contributed by atoms with Crippen LogP contribution in [0.15, 0.2) is 28.7 Å². The number of halogens is 1. The Bertz CT molecular complexity index is 612. The fourth-order valence-electron chi connectivity index (χ4n) is 2.61. The van der Waals surface area contributed by atoms with Gasteiger partial charge in [-0.05, 0) is 49.0 Å². The summed E-state index contributed by atoms with van der Waals surface area (Å²) in [5, 5.41) is 0. The molecule has 0 aliphatic carbocycles. The molecule has 1 aromatic rings. The van der Waals surface area contributed by atoms with E-state index < -0.39 is 5.97 Å². The van der Waals surface area contributed by atoms with Crippen molar-refractivity contribution in [1.82, 2.24) is 4.90 Å². The van der Waals surface area contributed by atoms with Gasteiger partial charge in [0.1, 0.15) is 0 Å². The number of amides is 1. The summed E-state index contributed by atoms with van der Waals surface area (Å²) in [6.07, 6.45) is 5.20. The molecule has 1 saturated heterocycles. The van der Waals surface area contributed by atoms with Crippen LogP contribution in [0.25, 0.3) is 6.08 Å². The van der Waals surface area contributed by atoms with Crippen LogP contribution in [0.4, 0.5) is 0 Å². The number of nitrogens with zero attached hydrogens (tertiary/aromatic N) is 1. The zero-order valence-electron chi connectivity index (χ0n) is 13.5. The Labute approximate surface area is 145 Å². The maximum absolute atomic E-state index is 12.0. The van der Waals surface area contributed by atoms with Crippen LogP contribution < -0.4 is 0 Å². The van der Waals surface area contributed by atoms with E-state index in [1.165, 1.54) is 6.08 Å². The van der Waals surface area contributed by atoms with Gasteiger partial charge in [0.15, 0.2) is 6.61 Å². The Balaban J connectivity index is 1.82. The highest BCUT2D eigenvalue weighted by molar-refractivity contribution is 9.10. The predicted molar refractivity (Wildman–Crippen MR) is 93.9 cm³/mol. The Hall–Kier alpha value is -1.62. The highest BCUT2D eigenvalue weighted by atomic mass is 79.9. The molecule has 1 aromatic carbocycles. The van der Waals surface area contributed by atoms with E-state index in [2.05, 4.69) is 22.9 Å². The molecule has 0 unspecified atom stereocenters. The summed E-state index contributed by atoms with van der Waals surface area (Å²) < 4.78 is 5.96. The lowest BCUT2D eigenvalue weighted by Gasteiger charge is -2.30. The van der Waals surface area contributed by atoms with Gasteiger partial charge >= 0.3 is 5.97 Å². The summed E-state index contributed by atoms with van der Waals surface area (Å²) in [6.45, 7) is 5.45. The van der Waals surface area contributed by atoms with Gasteiger partial charge in [0, 0.05) is 23.6 Å². The molecule has 0 aromatic heterocycles. The Morgan fingerprint density at radius 2 is 2.22 bits per heavy atom. The molecule has 0 spiro atoms. The molecule has 1 atom stereocenters. The first-order chi connectivity index (χ1) is 11.0. The first-order valence-corrected chi connectivity index (χ1v) is 8.64. The number of carbonyl (C=O) groups excluding carboxylic acids is 2. The number of piperidine rings is 1. The van der Waals surface area contributed by atoms with Crippen molar-refractivity contribution < 1.29 is 14.3 Å². The third kappa shape index (κ3) is 5.50. The second-order valence-electron chi connectivity index (χ2n) is 6.05. The van der Waals surface area contributed by atoms with Crippen molar-refractivity contribution >= 4 is 33.9 Å². The molecule has 2 rings (SSSR count). The highest BCUT2D eigenvalue weighted by Crippen LogP contribution is 2.19. The van der Waals surface area contributed by atoms with Crippen LogP contribution in [0, 0.1) is 12.8 Å². The molecular weight excluding hydrogens is 358 g/mol. The van der Waals surface area contributed by atoms with Gasteiger partial charge in [-0.15, -0.1) is 0 Å². The van der Waals surface area contributed by atoms with Gasteiger partial charge < -0.3 is 9.64 Å². The quantitative estimate of drug-likeness (QED) is 0.593. The van der Waals surface area contributed by atoms with E-state index in [9.17, 15) is 9.59 Å². The molecule has 5 heteroatoms. The summed E-state index contributed by atoms with van der Waals surface area (Å²) in [5.74, 6) is -0.104. The van der Waals surface area contributed by atoms with Crippen molar-refractivity contribution in [3.63, 3.8) is 0 Å². The van der Waals surface area contributed by atoms with Crippen molar-refractivity contribution in [3.8, 4) is 0 Å². The molecule has 0 radical (unpaired) electrons. The Morgan fingerprint density at radius 3 is 2.91 bits per heavy atom. The molecule has 23 heavy (non-hydrogen) atoms. The molecule has 1 fully saturated rings. The van der Waals surface area contributed by atoms with E-state index in [1.54, 1.807) is 11.0 Å². The fraction of sp³-hybridized carbons (Fsp3) is 0.444. The smallest absolute Gasteiger partial charge is 0.331 e. The Morgan fingerprint density at radius 1 is 1.43 bits per heavy atom. The number of ether oxygens (including phenoxy) is 1. The number of benzene rings is 1. The average Bonchev–Trinajstić information content (AvgIpc) is 2.51. The lowest BCUT2D eigenvalue weighted by molar-refractivity contribution is -0.149. The third-order valence-electron chi connectivity index (χ3n) is 3.90. The van der Waals surface area contributed by atoms with Gasteiger partial charge in [-0.3, -0.25) is 4.79 Å². The van der Waals surface area contributed by atoms with Crippen molar-refractivity contribution in [2.75, 3.05) is 19.7 Å². The summed E-state index contributed by atoms with van der Waals surface area (Å²) in [5.41, 5.74) is 2.03. The Kier molecular flexibility index (Phi) is 6.39. The molecule has 0 saturated carbocycles. The highest BCUT2D eigenvalue weighted by Gasteiger charge is 2.21. The largest absolute Gasteiger partial charge is 0.452 e. The molecule has 0 bridgehead atoms. The third-order valence-corrected chi connectivity index (χ3v) is 4.59. The van der Waals surface area contributed by atoms with Crippen LogP contribution in [0.2, 0.25) is 0 Å². The van der Waals surface area contributed by atoms with Gasteiger partial charge in [-0.2, -0.15) is 0 Å². The predicted octanol–water partition coefficient (Wildman–Crippen LogP) is 3.57. The minimum Gasteiger partial charge on any atom is -0.452 e. The van der Waals surface area contributed by atoms with E-state index >= 15 is 0 Å². The minimum atomic E-state index is -0.504. The number of hydrogen-bond donors (Lipinski definition) is 0. The summed E-state index contributed by atoms with van der Waals surface area (Å²) in [4.78, 5) is 25.6. The van der Waals surface area contributed by atoms with E-state index in [1.807, 2.05) is 25.1 Å². The van der Waals surface area contributed by atoms with Gasteiger partial charge in [0.25, 0.3) is 5.91 Å². The second-order valence-corrected chi connectivity index (χ2v) is 6.91. The molecule has 1 heterocycles.